The molecular formula is C14H19ClN4. The van der Waals surface area contributed by atoms with Crippen LogP contribution in [0.4, 0.5) is 0 Å². The smallest absolute Gasteiger partial charge is 0.0964 e. The lowest BCUT2D eigenvalue weighted by Crippen LogP contribution is -2.13. The summed E-state index contributed by atoms with van der Waals surface area (Å²) in [5.74, 6) is 0. The molecule has 1 aromatic carbocycles. The lowest BCUT2D eigenvalue weighted by molar-refractivity contribution is 0.645. The number of hydrogen-bond donors (Lipinski definition) is 1. The molecule has 0 saturated carbocycles. The summed E-state index contributed by atoms with van der Waals surface area (Å²) >= 11 is 6.21. The number of nitrogens with one attached hydrogen (secondary N) is 1. The second kappa shape index (κ2) is 6.68. The minimum absolute atomic E-state index is 0.653. The number of rotatable bonds is 6. The fourth-order valence-electron chi connectivity index (χ4n) is 1.85. The van der Waals surface area contributed by atoms with Crippen molar-refractivity contribution in [2.24, 2.45) is 0 Å². The monoisotopic (exact) mass is 278 g/mol. The van der Waals surface area contributed by atoms with E-state index in [0.717, 1.165) is 41.4 Å². The van der Waals surface area contributed by atoms with Crippen molar-refractivity contribution in [3.8, 4) is 0 Å². The van der Waals surface area contributed by atoms with Crippen molar-refractivity contribution in [3.63, 3.8) is 0 Å². The summed E-state index contributed by atoms with van der Waals surface area (Å²) in [5, 5.41) is 12.3. The Morgan fingerprint density at radius 3 is 2.95 bits per heavy atom. The van der Waals surface area contributed by atoms with Crippen LogP contribution < -0.4 is 5.32 Å². The zero-order valence-corrected chi connectivity index (χ0v) is 12.1. The van der Waals surface area contributed by atoms with Crippen LogP contribution in [0.3, 0.4) is 0 Å². The standard InChI is InChI=1S/C14H19ClN4/c1-3-6-16-8-13-10-19(18-17-13)9-12-5-4-11(2)7-14(12)15/h4-5,7,10,16H,3,6,8-9H2,1-2H3. The highest BCUT2D eigenvalue weighted by Gasteiger charge is 2.04. The minimum atomic E-state index is 0.653. The first kappa shape index (κ1) is 14.0. The van der Waals surface area contributed by atoms with E-state index in [1.165, 1.54) is 0 Å². The summed E-state index contributed by atoms with van der Waals surface area (Å²) in [6.45, 7) is 6.58. The van der Waals surface area contributed by atoms with Crippen molar-refractivity contribution in [1.29, 1.82) is 0 Å². The van der Waals surface area contributed by atoms with Crippen molar-refractivity contribution >= 4 is 11.6 Å². The first-order valence-electron chi connectivity index (χ1n) is 6.54. The Kier molecular flexibility index (Phi) is 4.93. The Bertz CT molecular complexity index is 536. The van der Waals surface area contributed by atoms with Gasteiger partial charge >= 0.3 is 0 Å². The average Bonchev–Trinajstić information content (AvgIpc) is 2.81. The quantitative estimate of drug-likeness (QED) is 0.826. The van der Waals surface area contributed by atoms with E-state index in [1.54, 1.807) is 0 Å². The summed E-state index contributed by atoms with van der Waals surface area (Å²) in [4.78, 5) is 0. The average molecular weight is 279 g/mol. The molecule has 1 heterocycles. The molecule has 0 fully saturated rings. The first-order valence-corrected chi connectivity index (χ1v) is 6.91. The van der Waals surface area contributed by atoms with E-state index in [9.17, 15) is 0 Å². The Labute approximate surface area is 118 Å². The molecule has 0 spiro atoms. The van der Waals surface area contributed by atoms with Gasteiger partial charge in [0.25, 0.3) is 0 Å². The van der Waals surface area contributed by atoms with Gasteiger partial charge in [0.2, 0.25) is 0 Å². The fourth-order valence-corrected chi connectivity index (χ4v) is 2.14. The topological polar surface area (TPSA) is 42.7 Å². The van der Waals surface area contributed by atoms with Crippen molar-refractivity contribution in [2.75, 3.05) is 6.54 Å². The molecule has 0 saturated heterocycles. The number of aromatic nitrogens is 3. The molecule has 0 unspecified atom stereocenters. The molecule has 2 rings (SSSR count). The third-order valence-corrected chi connectivity index (χ3v) is 3.21. The summed E-state index contributed by atoms with van der Waals surface area (Å²) in [7, 11) is 0. The van der Waals surface area contributed by atoms with Crippen LogP contribution in [0.1, 0.15) is 30.2 Å². The summed E-state index contributed by atoms with van der Waals surface area (Å²) < 4.78 is 1.82. The molecule has 0 atom stereocenters. The van der Waals surface area contributed by atoms with Crippen LogP contribution in [0.5, 0.6) is 0 Å². The summed E-state index contributed by atoms with van der Waals surface area (Å²) in [6.07, 6.45) is 3.08. The lowest BCUT2D eigenvalue weighted by atomic mass is 10.1. The highest BCUT2D eigenvalue weighted by Crippen LogP contribution is 2.18. The molecule has 102 valence electrons. The van der Waals surface area contributed by atoms with Crippen LogP contribution in [-0.4, -0.2) is 21.5 Å². The molecule has 19 heavy (non-hydrogen) atoms. The molecule has 1 aromatic heterocycles. The number of aryl methyl sites for hydroxylation is 1. The van der Waals surface area contributed by atoms with E-state index >= 15 is 0 Å². The highest BCUT2D eigenvalue weighted by molar-refractivity contribution is 6.31. The van der Waals surface area contributed by atoms with Gasteiger partial charge in [-0.15, -0.1) is 5.10 Å². The third kappa shape index (κ3) is 4.04. The second-order valence-corrected chi connectivity index (χ2v) is 5.09. The van der Waals surface area contributed by atoms with E-state index in [-0.39, 0.29) is 0 Å². The molecule has 4 nitrogen and oxygen atoms in total. The van der Waals surface area contributed by atoms with Crippen LogP contribution in [-0.2, 0) is 13.1 Å². The molecule has 0 bridgehead atoms. The lowest BCUT2D eigenvalue weighted by Gasteiger charge is -2.04. The van der Waals surface area contributed by atoms with E-state index in [0.29, 0.717) is 6.54 Å². The fraction of sp³-hybridized carbons (Fsp3) is 0.429. The van der Waals surface area contributed by atoms with Gasteiger partial charge in [0.05, 0.1) is 18.4 Å². The summed E-state index contributed by atoms with van der Waals surface area (Å²) in [5.41, 5.74) is 3.18. The molecule has 5 heteroatoms. The van der Waals surface area contributed by atoms with Crippen LogP contribution >= 0.6 is 11.6 Å². The van der Waals surface area contributed by atoms with Gasteiger partial charge in [-0.1, -0.05) is 35.9 Å². The van der Waals surface area contributed by atoms with Crippen LogP contribution in [0.15, 0.2) is 24.4 Å². The van der Waals surface area contributed by atoms with Gasteiger partial charge in [-0.2, -0.15) is 0 Å². The predicted molar refractivity (Wildman–Crippen MR) is 77.3 cm³/mol. The van der Waals surface area contributed by atoms with Crippen molar-refractivity contribution < 1.29 is 0 Å². The molecule has 0 aliphatic heterocycles. The molecule has 1 N–H and O–H groups in total. The Morgan fingerprint density at radius 1 is 1.37 bits per heavy atom. The largest absolute Gasteiger partial charge is 0.311 e. The number of hydrogen-bond acceptors (Lipinski definition) is 3. The van der Waals surface area contributed by atoms with Gasteiger partial charge < -0.3 is 5.32 Å². The SMILES string of the molecule is CCCNCc1cn(Cc2ccc(C)cc2Cl)nn1. The van der Waals surface area contributed by atoms with Gasteiger partial charge in [-0.3, -0.25) is 0 Å². The maximum absolute atomic E-state index is 6.21. The Morgan fingerprint density at radius 2 is 2.21 bits per heavy atom. The van der Waals surface area contributed by atoms with Crippen molar-refractivity contribution in [2.45, 2.75) is 33.4 Å². The number of nitrogens with zero attached hydrogens (tertiary/aromatic N) is 3. The van der Waals surface area contributed by atoms with E-state index in [4.69, 9.17) is 11.6 Å². The van der Waals surface area contributed by atoms with Crippen LogP contribution in [0.25, 0.3) is 0 Å². The molecular weight excluding hydrogens is 260 g/mol. The summed E-state index contributed by atoms with van der Waals surface area (Å²) in [6, 6.07) is 6.06. The van der Waals surface area contributed by atoms with Gasteiger partial charge in [-0.25, -0.2) is 4.68 Å². The first-order chi connectivity index (χ1) is 9.19. The van der Waals surface area contributed by atoms with E-state index < -0.39 is 0 Å². The second-order valence-electron chi connectivity index (χ2n) is 4.68. The van der Waals surface area contributed by atoms with Crippen LogP contribution in [0, 0.1) is 6.92 Å². The van der Waals surface area contributed by atoms with Gasteiger partial charge in [0.1, 0.15) is 0 Å². The maximum atomic E-state index is 6.21. The number of halogens is 1. The van der Waals surface area contributed by atoms with E-state index in [2.05, 4.69) is 28.6 Å². The Balaban J connectivity index is 1.99. The molecule has 0 aliphatic rings. The highest BCUT2D eigenvalue weighted by atomic mass is 35.5. The third-order valence-electron chi connectivity index (χ3n) is 2.86. The van der Waals surface area contributed by atoms with E-state index in [1.807, 2.05) is 29.9 Å². The predicted octanol–water partition coefficient (Wildman–Crippen LogP) is 2.79. The Hall–Kier alpha value is -1.39. The normalized spacial score (nSPS) is 10.9. The van der Waals surface area contributed by atoms with Gasteiger partial charge in [0.15, 0.2) is 0 Å². The van der Waals surface area contributed by atoms with Gasteiger partial charge in [0, 0.05) is 11.6 Å². The van der Waals surface area contributed by atoms with Crippen molar-refractivity contribution in [3.05, 3.63) is 46.2 Å². The molecule has 0 radical (unpaired) electrons. The number of benzene rings is 1. The zero-order valence-electron chi connectivity index (χ0n) is 11.4. The maximum Gasteiger partial charge on any atom is 0.0964 e. The minimum Gasteiger partial charge on any atom is -0.311 e. The molecule has 0 aliphatic carbocycles. The van der Waals surface area contributed by atoms with Gasteiger partial charge in [-0.05, 0) is 37.1 Å². The zero-order chi connectivity index (χ0) is 13.7. The molecule has 2 aromatic rings. The van der Waals surface area contributed by atoms with Crippen LogP contribution in [0.2, 0.25) is 5.02 Å². The van der Waals surface area contributed by atoms with Crippen molar-refractivity contribution in [1.82, 2.24) is 20.3 Å². The molecule has 0 amide bonds.